The Bertz CT molecular complexity index is 541. The molecule has 1 aromatic carbocycles. The molecule has 20 heavy (non-hydrogen) atoms. The van der Waals surface area contributed by atoms with E-state index in [9.17, 15) is 0 Å². The van der Waals surface area contributed by atoms with Crippen molar-refractivity contribution in [1.82, 2.24) is 15.5 Å². The number of piperidine rings is 1. The summed E-state index contributed by atoms with van der Waals surface area (Å²) in [5.74, 6) is 2.26. The van der Waals surface area contributed by atoms with Crippen molar-refractivity contribution in [3.8, 4) is 11.4 Å². The summed E-state index contributed by atoms with van der Waals surface area (Å²) in [6.45, 7) is 4.36. The summed E-state index contributed by atoms with van der Waals surface area (Å²) >= 11 is 0. The fourth-order valence-electron chi connectivity index (χ4n) is 2.67. The molecule has 1 fully saturated rings. The second kappa shape index (κ2) is 6.18. The van der Waals surface area contributed by atoms with Crippen LogP contribution in [0.25, 0.3) is 11.4 Å². The number of nitrogens with one attached hydrogen (secondary N) is 1. The first kappa shape index (κ1) is 13.3. The fraction of sp³-hybridized carbons (Fsp3) is 0.500. The molecule has 4 nitrogen and oxygen atoms in total. The van der Waals surface area contributed by atoms with Crippen LogP contribution >= 0.6 is 0 Å². The Morgan fingerprint density at radius 3 is 2.70 bits per heavy atom. The molecular formula is C16H21N3O. The van der Waals surface area contributed by atoms with E-state index in [2.05, 4.69) is 34.5 Å². The van der Waals surface area contributed by atoms with Gasteiger partial charge in [-0.2, -0.15) is 4.98 Å². The second-order valence-corrected chi connectivity index (χ2v) is 5.61. The quantitative estimate of drug-likeness (QED) is 0.928. The lowest BCUT2D eigenvalue weighted by atomic mass is 9.93. The van der Waals surface area contributed by atoms with Gasteiger partial charge in [0.05, 0.1) is 0 Å². The third-order valence-corrected chi connectivity index (χ3v) is 4.00. The number of rotatable bonds is 4. The smallest absolute Gasteiger partial charge is 0.226 e. The van der Waals surface area contributed by atoms with E-state index < -0.39 is 0 Å². The minimum Gasteiger partial charge on any atom is -0.339 e. The molecule has 1 aliphatic heterocycles. The minimum absolute atomic E-state index is 0.699. The fourth-order valence-corrected chi connectivity index (χ4v) is 2.67. The average Bonchev–Trinajstić information content (AvgIpc) is 2.96. The first-order valence-corrected chi connectivity index (χ1v) is 7.41. The maximum absolute atomic E-state index is 5.36. The Balaban J connectivity index is 1.60. The molecule has 1 aromatic heterocycles. The van der Waals surface area contributed by atoms with Crippen LogP contribution in [0, 0.1) is 12.8 Å². The van der Waals surface area contributed by atoms with Gasteiger partial charge in [0.1, 0.15) is 0 Å². The zero-order valence-corrected chi connectivity index (χ0v) is 11.9. The van der Waals surface area contributed by atoms with Crippen LogP contribution in [0.15, 0.2) is 28.8 Å². The molecule has 106 valence electrons. The summed E-state index contributed by atoms with van der Waals surface area (Å²) in [6.07, 6.45) is 4.57. The van der Waals surface area contributed by atoms with Crippen LogP contribution in [0.3, 0.4) is 0 Å². The highest BCUT2D eigenvalue weighted by Crippen LogP contribution is 2.20. The Kier molecular flexibility index (Phi) is 4.11. The Labute approximate surface area is 119 Å². The van der Waals surface area contributed by atoms with Crippen LogP contribution in [0.2, 0.25) is 0 Å². The van der Waals surface area contributed by atoms with Gasteiger partial charge in [-0.25, -0.2) is 0 Å². The molecule has 3 rings (SSSR count). The maximum atomic E-state index is 5.36. The molecule has 4 heteroatoms. The summed E-state index contributed by atoms with van der Waals surface area (Å²) in [5.41, 5.74) is 2.26. The largest absolute Gasteiger partial charge is 0.339 e. The lowest BCUT2D eigenvalue weighted by molar-refractivity contribution is 0.324. The molecule has 0 amide bonds. The third-order valence-electron chi connectivity index (χ3n) is 4.00. The molecule has 0 saturated carbocycles. The van der Waals surface area contributed by atoms with Crippen LogP contribution in [-0.2, 0) is 6.42 Å². The summed E-state index contributed by atoms with van der Waals surface area (Å²) in [5, 5.41) is 7.47. The lowest BCUT2D eigenvalue weighted by Gasteiger charge is -2.21. The highest BCUT2D eigenvalue weighted by atomic mass is 16.5. The standard InChI is InChI=1S/C16H21N3O/c1-12-2-5-14(6-3-12)16-18-15(20-19-16)7-4-13-8-10-17-11-9-13/h2-3,5-6,13,17H,4,7-11H2,1H3. The Hall–Kier alpha value is -1.68. The summed E-state index contributed by atoms with van der Waals surface area (Å²) in [7, 11) is 0. The summed E-state index contributed by atoms with van der Waals surface area (Å²) in [6, 6.07) is 8.22. The molecular weight excluding hydrogens is 250 g/mol. The molecule has 1 N–H and O–H groups in total. The molecule has 0 radical (unpaired) electrons. The van der Waals surface area contributed by atoms with Crippen molar-refractivity contribution in [3.05, 3.63) is 35.7 Å². The Morgan fingerprint density at radius 1 is 1.20 bits per heavy atom. The van der Waals surface area contributed by atoms with Gasteiger partial charge in [-0.1, -0.05) is 35.0 Å². The first-order valence-electron chi connectivity index (χ1n) is 7.41. The highest BCUT2D eigenvalue weighted by molar-refractivity contribution is 5.54. The first-order chi connectivity index (χ1) is 9.81. The number of nitrogens with zero attached hydrogens (tertiary/aromatic N) is 2. The van der Waals surface area contributed by atoms with Crippen molar-refractivity contribution in [2.75, 3.05) is 13.1 Å². The van der Waals surface area contributed by atoms with Crippen molar-refractivity contribution in [2.45, 2.75) is 32.6 Å². The van der Waals surface area contributed by atoms with E-state index in [4.69, 9.17) is 4.52 Å². The van der Waals surface area contributed by atoms with Crippen molar-refractivity contribution >= 4 is 0 Å². The van der Waals surface area contributed by atoms with Gasteiger partial charge in [0.15, 0.2) is 0 Å². The van der Waals surface area contributed by atoms with E-state index in [-0.39, 0.29) is 0 Å². The van der Waals surface area contributed by atoms with Gasteiger partial charge in [0, 0.05) is 12.0 Å². The van der Waals surface area contributed by atoms with Crippen LogP contribution in [-0.4, -0.2) is 23.2 Å². The van der Waals surface area contributed by atoms with E-state index in [1.165, 1.54) is 18.4 Å². The topological polar surface area (TPSA) is 51.0 Å². The molecule has 0 unspecified atom stereocenters. The molecule has 1 saturated heterocycles. The van der Waals surface area contributed by atoms with E-state index in [0.29, 0.717) is 5.82 Å². The number of benzene rings is 1. The van der Waals surface area contributed by atoms with Crippen molar-refractivity contribution in [2.24, 2.45) is 5.92 Å². The lowest BCUT2D eigenvalue weighted by Crippen LogP contribution is -2.27. The van der Waals surface area contributed by atoms with Gasteiger partial charge < -0.3 is 9.84 Å². The van der Waals surface area contributed by atoms with Crippen LogP contribution in [0.1, 0.15) is 30.7 Å². The zero-order valence-electron chi connectivity index (χ0n) is 11.9. The summed E-state index contributed by atoms with van der Waals surface area (Å²) in [4.78, 5) is 4.50. The molecule has 0 bridgehead atoms. The third kappa shape index (κ3) is 3.25. The van der Waals surface area contributed by atoms with Gasteiger partial charge >= 0.3 is 0 Å². The van der Waals surface area contributed by atoms with Gasteiger partial charge in [-0.15, -0.1) is 0 Å². The monoisotopic (exact) mass is 271 g/mol. The minimum atomic E-state index is 0.699. The van der Waals surface area contributed by atoms with Crippen LogP contribution < -0.4 is 5.32 Å². The molecule has 2 aromatic rings. The van der Waals surface area contributed by atoms with E-state index in [1.54, 1.807) is 0 Å². The molecule has 0 spiro atoms. The normalized spacial score (nSPS) is 16.4. The van der Waals surface area contributed by atoms with E-state index in [0.717, 1.165) is 43.3 Å². The van der Waals surface area contributed by atoms with Gasteiger partial charge in [-0.3, -0.25) is 0 Å². The SMILES string of the molecule is Cc1ccc(-c2noc(CCC3CCNCC3)n2)cc1. The van der Waals surface area contributed by atoms with Crippen molar-refractivity contribution in [3.63, 3.8) is 0 Å². The van der Waals surface area contributed by atoms with Crippen molar-refractivity contribution < 1.29 is 4.52 Å². The number of aromatic nitrogens is 2. The zero-order chi connectivity index (χ0) is 13.8. The Morgan fingerprint density at radius 2 is 1.95 bits per heavy atom. The molecule has 2 heterocycles. The highest BCUT2D eigenvalue weighted by Gasteiger charge is 2.15. The van der Waals surface area contributed by atoms with E-state index >= 15 is 0 Å². The number of hydrogen-bond acceptors (Lipinski definition) is 4. The molecule has 1 aliphatic rings. The predicted octanol–water partition coefficient (Wildman–Crippen LogP) is 2.98. The van der Waals surface area contributed by atoms with Crippen LogP contribution in [0.5, 0.6) is 0 Å². The van der Waals surface area contributed by atoms with Gasteiger partial charge in [0.25, 0.3) is 0 Å². The average molecular weight is 271 g/mol. The maximum Gasteiger partial charge on any atom is 0.226 e. The number of aryl methyl sites for hydroxylation is 2. The van der Waals surface area contributed by atoms with Gasteiger partial charge in [0.2, 0.25) is 11.7 Å². The van der Waals surface area contributed by atoms with Crippen LogP contribution in [0.4, 0.5) is 0 Å². The molecule has 0 atom stereocenters. The van der Waals surface area contributed by atoms with E-state index in [1.807, 2.05) is 12.1 Å². The van der Waals surface area contributed by atoms with Gasteiger partial charge in [-0.05, 0) is 45.2 Å². The second-order valence-electron chi connectivity index (χ2n) is 5.61. The molecule has 0 aliphatic carbocycles. The number of hydrogen-bond donors (Lipinski definition) is 1. The summed E-state index contributed by atoms with van der Waals surface area (Å²) < 4.78 is 5.36. The van der Waals surface area contributed by atoms with Crippen molar-refractivity contribution in [1.29, 1.82) is 0 Å². The predicted molar refractivity (Wildman–Crippen MR) is 78.4 cm³/mol.